The van der Waals surface area contributed by atoms with Gasteiger partial charge in [0.2, 0.25) is 5.95 Å². The minimum Gasteiger partial charge on any atom is -0.379 e. The zero-order chi connectivity index (χ0) is 22.7. The average molecular weight is 427 g/mol. The van der Waals surface area contributed by atoms with Gasteiger partial charge >= 0.3 is 0 Å². The molecule has 0 saturated heterocycles. The van der Waals surface area contributed by atoms with E-state index >= 15 is 0 Å². The van der Waals surface area contributed by atoms with Gasteiger partial charge in [-0.25, -0.2) is 15.0 Å². The normalized spacial score (nSPS) is 13.2. The monoisotopic (exact) mass is 426 g/mol. The molecule has 162 valence electrons. The number of benzene rings is 2. The van der Waals surface area contributed by atoms with E-state index in [9.17, 15) is 5.26 Å². The largest absolute Gasteiger partial charge is 0.379 e. The third-order valence-corrected chi connectivity index (χ3v) is 4.78. The lowest BCUT2D eigenvalue weighted by atomic mass is 10.0. The molecule has 0 saturated carbocycles. The maximum absolute atomic E-state index is 9.60. The molecule has 0 unspecified atom stereocenters. The molecule has 3 N–H and O–H groups in total. The summed E-state index contributed by atoms with van der Waals surface area (Å²) in [7, 11) is 0. The van der Waals surface area contributed by atoms with Crippen molar-refractivity contribution in [2.24, 2.45) is 4.99 Å². The summed E-state index contributed by atoms with van der Waals surface area (Å²) in [4.78, 5) is 13.3. The number of nitriles is 1. The second-order valence-electron chi connectivity index (χ2n) is 8.61. The number of rotatable bonds is 5. The maximum Gasteiger partial charge on any atom is 0.227 e. The predicted molar refractivity (Wildman–Crippen MR) is 129 cm³/mol. The van der Waals surface area contributed by atoms with Crippen LogP contribution in [0.2, 0.25) is 0 Å². The van der Waals surface area contributed by atoms with Gasteiger partial charge in [0, 0.05) is 23.0 Å². The zero-order valence-electron chi connectivity index (χ0n) is 18.6. The Kier molecular flexibility index (Phi) is 5.65. The fourth-order valence-electron chi connectivity index (χ4n) is 3.33. The molecular weight excluding hydrogens is 400 g/mol. The van der Waals surface area contributed by atoms with Gasteiger partial charge in [0.25, 0.3) is 0 Å². The first-order chi connectivity index (χ1) is 15.3. The van der Waals surface area contributed by atoms with Crippen LogP contribution < -0.4 is 21.1 Å². The minimum atomic E-state index is -0.134. The lowest BCUT2D eigenvalue weighted by Crippen LogP contribution is -2.34. The highest BCUT2D eigenvalue weighted by molar-refractivity contribution is 5.83. The Morgan fingerprint density at radius 1 is 1.09 bits per heavy atom. The molecule has 0 fully saturated rings. The number of hydrogen-bond donors (Lipinski definition) is 3. The van der Waals surface area contributed by atoms with Crippen molar-refractivity contribution in [2.45, 2.75) is 33.2 Å². The molecule has 0 bridgehead atoms. The molecule has 1 aliphatic heterocycles. The molecule has 0 amide bonds. The molecule has 2 aromatic carbocycles. The highest BCUT2D eigenvalue weighted by Crippen LogP contribution is 2.27. The first kappa shape index (κ1) is 21.1. The van der Waals surface area contributed by atoms with E-state index < -0.39 is 0 Å². The number of hydrogen-bond acceptors (Lipinski definition) is 8. The topological polar surface area (TPSA) is 101 Å². The number of nitrogens with zero attached hydrogens (tertiary/aromatic N) is 5. The molecule has 3 aromatic rings. The molecule has 0 atom stereocenters. The number of aliphatic imine (C=N–C) groups is 1. The van der Waals surface area contributed by atoms with Crippen molar-refractivity contribution in [3.63, 3.8) is 0 Å². The Balaban J connectivity index is 1.51. The highest BCUT2D eigenvalue weighted by atomic mass is 15.6. The van der Waals surface area contributed by atoms with Gasteiger partial charge in [-0.1, -0.05) is 6.07 Å². The van der Waals surface area contributed by atoms with E-state index in [0.717, 1.165) is 34.2 Å². The summed E-state index contributed by atoms with van der Waals surface area (Å²) in [6, 6.07) is 17.8. The first-order valence-electron chi connectivity index (χ1n) is 10.4. The van der Waals surface area contributed by atoms with Crippen molar-refractivity contribution in [3.8, 4) is 17.3 Å². The number of amidine groups is 1. The van der Waals surface area contributed by atoms with Crippen LogP contribution in [0.3, 0.4) is 0 Å². The van der Waals surface area contributed by atoms with Crippen molar-refractivity contribution >= 4 is 28.8 Å². The summed E-state index contributed by atoms with van der Waals surface area (Å²) in [5.41, 5.74) is 7.96. The quantitative estimate of drug-likeness (QED) is 0.545. The van der Waals surface area contributed by atoms with Gasteiger partial charge in [0.05, 0.1) is 22.6 Å². The van der Waals surface area contributed by atoms with Crippen LogP contribution in [-0.4, -0.2) is 28.0 Å². The van der Waals surface area contributed by atoms with Gasteiger partial charge in [0.1, 0.15) is 18.6 Å². The Morgan fingerprint density at radius 3 is 2.53 bits per heavy atom. The van der Waals surface area contributed by atoms with E-state index in [1.807, 2.05) is 60.5 Å². The van der Waals surface area contributed by atoms with Crippen LogP contribution in [0.15, 0.2) is 59.7 Å². The van der Waals surface area contributed by atoms with E-state index in [4.69, 9.17) is 0 Å². The third-order valence-electron chi connectivity index (χ3n) is 4.78. The summed E-state index contributed by atoms with van der Waals surface area (Å²) in [6.07, 6.45) is 1.71. The van der Waals surface area contributed by atoms with Crippen LogP contribution >= 0.6 is 0 Å². The van der Waals surface area contributed by atoms with Gasteiger partial charge in [-0.3, -0.25) is 10.4 Å². The lowest BCUT2D eigenvalue weighted by molar-refractivity contribution is 0.634. The van der Waals surface area contributed by atoms with E-state index in [-0.39, 0.29) is 5.54 Å². The Bertz CT molecular complexity index is 1190. The lowest BCUT2D eigenvalue weighted by Gasteiger charge is -2.23. The number of anilines is 4. The van der Waals surface area contributed by atoms with Crippen LogP contribution in [0.1, 0.15) is 33.3 Å². The predicted octanol–water partition coefficient (Wildman–Crippen LogP) is 4.67. The third kappa shape index (κ3) is 4.95. The smallest absolute Gasteiger partial charge is 0.227 e. The Hall–Kier alpha value is -4.12. The van der Waals surface area contributed by atoms with Gasteiger partial charge in [-0.15, -0.1) is 0 Å². The summed E-state index contributed by atoms with van der Waals surface area (Å²) in [6.45, 7) is 8.72. The van der Waals surface area contributed by atoms with E-state index in [1.54, 1.807) is 6.20 Å². The van der Waals surface area contributed by atoms with Crippen molar-refractivity contribution < 1.29 is 0 Å². The molecule has 0 aliphatic carbocycles. The summed E-state index contributed by atoms with van der Waals surface area (Å²) < 4.78 is 0. The number of nitrogens with one attached hydrogen (secondary N) is 3. The van der Waals surface area contributed by atoms with E-state index in [2.05, 4.69) is 57.9 Å². The maximum atomic E-state index is 9.60. The fraction of sp³-hybridized carbons (Fsp3) is 0.250. The number of aromatic nitrogens is 2. The first-order valence-corrected chi connectivity index (χ1v) is 10.4. The molecule has 0 radical (unpaired) electrons. The van der Waals surface area contributed by atoms with Crippen LogP contribution in [0.25, 0.3) is 11.3 Å². The van der Waals surface area contributed by atoms with Gasteiger partial charge in [-0.05, 0) is 70.2 Å². The van der Waals surface area contributed by atoms with Gasteiger partial charge in [-0.2, -0.15) is 5.26 Å². The van der Waals surface area contributed by atoms with E-state index in [1.165, 1.54) is 0 Å². The van der Waals surface area contributed by atoms with Crippen molar-refractivity contribution in [2.75, 3.05) is 22.3 Å². The molecule has 8 heteroatoms. The van der Waals surface area contributed by atoms with Crippen LogP contribution in [0, 0.1) is 11.3 Å². The fourth-order valence-corrected chi connectivity index (χ4v) is 3.33. The van der Waals surface area contributed by atoms with Crippen LogP contribution in [0.5, 0.6) is 0 Å². The van der Waals surface area contributed by atoms with Crippen LogP contribution in [-0.2, 0) is 0 Å². The van der Waals surface area contributed by atoms with E-state index in [0.29, 0.717) is 18.2 Å². The van der Waals surface area contributed by atoms with Gasteiger partial charge < -0.3 is 10.6 Å². The molecule has 0 spiro atoms. The zero-order valence-corrected chi connectivity index (χ0v) is 18.6. The molecule has 8 nitrogen and oxygen atoms in total. The SMILES string of the molecule is CC1=NCN(c2ccc(Nc3nccc(-c4ccc(NC(C)(C)C)c(C#N)c4)n3)cc2)N1. The van der Waals surface area contributed by atoms with Gasteiger partial charge in [0.15, 0.2) is 0 Å². The number of hydrazine groups is 1. The standard InChI is InChI=1S/C24H26N8/c1-16-27-15-32(31-16)20-8-6-19(7-9-20)28-23-26-12-11-21(29-23)17-5-10-22(18(13-17)14-25)30-24(2,3)4/h5-13,30H,15H2,1-4H3,(H,27,31)(H,26,28,29). The van der Waals surface area contributed by atoms with Crippen molar-refractivity contribution in [1.82, 2.24) is 15.4 Å². The molecule has 2 heterocycles. The summed E-state index contributed by atoms with van der Waals surface area (Å²) in [5, 5.41) is 18.2. The van der Waals surface area contributed by atoms with Crippen molar-refractivity contribution in [1.29, 1.82) is 5.26 Å². The highest BCUT2D eigenvalue weighted by Gasteiger charge is 2.14. The minimum absolute atomic E-state index is 0.134. The average Bonchev–Trinajstić information content (AvgIpc) is 3.20. The van der Waals surface area contributed by atoms with Crippen molar-refractivity contribution in [3.05, 3.63) is 60.3 Å². The van der Waals surface area contributed by atoms with Crippen LogP contribution in [0.4, 0.5) is 23.0 Å². The second kappa shape index (κ2) is 8.55. The second-order valence-corrected chi connectivity index (χ2v) is 8.61. The summed E-state index contributed by atoms with van der Waals surface area (Å²) in [5.74, 6) is 1.39. The molecule has 1 aliphatic rings. The molecular formula is C24H26N8. The molecule has 32 heavy (non-hydrogen) atoms. The Morgan fingerprint density at radius 2 is 1.88 bits per heavy atom. The summed E-state index contributed by atoms with van der Waals surface area (Å²) >= 11 is 0. The molecule has 1 aromatic heterocycles. The Labute approximate surface area is 188 Å². The molecule has 4 rings (SSSR count).